The van der Waals surface area contributed by atoms with Crippen molar-refractivity contribution in [1.29, 1.82) is 0 Å². The Hall–Kier alpha value is -0.910. The molecule has 0 aliphatic carbocycles. The van der Waals surface area contributed by atoms with Crippen LogP contribution in [-0.4, -0.2) is 40.7 Å². The van der Waals surface area contributed by atoms with Crippen LogP contribution in [0, 0.1) is 0 Å². The van der Waals surface area contributed by atoms with Crippen LogP contribution >= 0.6 is 15.9 Å². The topological polar surface area (TPSA) is 60.8 Å². The SMILES string of the molecule is CCCN(CCO)C(=O)c1ccc(Br)cc1CO. The van der Waals surface area contributed by atoms with Crippen LogP contribution in [0.2, 0.25) is 0 Å². The maximum absolute atomic E-state index is 12.3. The molecule has 0 unspecified atom stereocenters. The fraction of sp³-hybridized carbons (Fsp3) is 0.462. The summed E-state index contributed by atoms with van der Waals surface area (Å²) in [6, 6.07) is 5.20. The zero-order chi connectivity index (χ0) is 13.5. The first-order valence-electron chi connectivity index (χ1n) is 5.93. The second kappa shape index (κ2) is 7.51. The quantitative estimate of drug-likeness (QED) is 0.841. The van der Waals surface area contributed by atoms with Gasteiger partial charge in [-0.05, 0) is 30.2 Å². The van der Waals surface area contributed by atoms with Crippen LogP contribution in [0.4, 0.5) is 0 Å². The van der Waals surface area contributed by atoms with Crippen molar-refractivity contribution in [2.75, 3.05) is 19.7 Å². The molecule has 1 amide bonds. The van der Waals surface area contributed by atoms with E-state index in [1.165, 1.54) is 0 Å². The fourth-order valence-electron chi connectivity index (χ4n) is 1.78. The molecule has 0 aliphatic heterocycles. The van der Waals surface area contributed by atoms with Crippen molar-refractivity contribution in [2.24, 2.45) is 0 Å². The maximum Gasteiger partial charge on any atom is 0.254 e. The van der Waals surface area contributed by atoms with Gasteiger partial charge in [-0.1, -0.05) is 22.9 Å². The molecular weight excluding hydrogens is 298 g/mol. The molecule has 0 atom stereocenters. The molecule has 4 nitrogen and oxygen atoms in total. The molecule has 0 bridgehead atoms. The van der Waals surface area contributed by atoms with Gasteiger partial charge in [0, 0.05) is 23.1 Å². The largest absolute Gasteiger partial charge is 0.395 e. The lowest BCUT2D eigenvalue weighted by Crippen LogP contribution is -2.34. The lowest BCUT2D eigenvalue weighted by Gasteiger charge is -2.22. The second-order valence-corrected chi connectivity index (χ2v) is 4.89. The molecule has 1 aromatic rings. The summed E-state index contributed by atoms with van der Waals surface area (Å²) >= 11 is 3.31. The van der Waals surface area contributed by atoms with Crippen LogP contribution in [-0.2, 0) is 6.61 Å². The fourth-order valence-corrected chi connectivity index (χ4v) is 2.19. The van der Waals surface area contributed by atoms with Gasteiger partial charge in [0.25, 0.3) is 5.91 Å². The Morgan fingerprint density at radius 2 is 2.06 bits per heavy atom. The number of benzene rings is 1. The van der Waals surface area contributed by atoms with Gasteiger partial charge in [0.05, 0.1) is 13.2 Å². The van der Waals surface area contributed by atoms with Crippen molar-refractivity contribution in [2.45, 2.75) is 20.0 Å². The Balaban J connectivity index is 3.00. The summed E-state index contributed by atoms with van der Waals surface area (Å²) in [5.74, 6) is -0.151. The molecule has 0 aliphatic rings. The highest BCUT2D eigenvalue weighted by Crippen LogP contribution is 2.18. The molecule has 0 radical (unpaired) electrons. The lowest BCUT2D eigenvalue weighted by molar-refractivity contribution is 0.0718. The Morgan fingerprint density at radius 3 is 2.61 bits per heavy atom. The first-order chi connectivity index (χ1) is 8.63. The van der Waals surface area contributed by atoms with Gasteiger partial charge in [0.2, 0.25) is 0 Å². The summed E-state index contributed by atoms with van der Waals surface area (Å²) in [6.07, 6.45) is 0.830. The van der Waals surface area contributed by atoms with Crippen molar-refractivity contribution >= 4 is 21.8 Å². The maximum atomic E-state index is 12.3. The molecule has 0 saturated carbocycles. The van der Waals surface area contributed by atoms with Crippen LogP contribution in [0.15, 0.2) is 22.7 Å². The molecule has 0 saturated heterocycles. The third-order valence-corrected chi connectivity index (χ3v) is 3.11. The van der Waals surface area contributed by atoms with Gasteiger partial charge in [-0.15, -0.1) is 0 Å². The summed E-state index contributed by atoms with van der Waals surface area (Å²) in [7, 11) is 0. The highest BCUT2D eigenvalue weighted by molar-refractivity contribution is 9.10. The Morgan fingerprint density at radius 1 is 1.33 bits per heavy atom. The number of amides is 1. The monoisotopic (exact) mass is 315 g/mol. The van der Waals surface area contributed by atoms with Gasteiger partial charge < -0.3 is 15.1 Å². The Labute approximate surface area is 115 Å². The van der Waals surface area contributed by atoms with Crippen molar-refractivity contribution in [3.8, 4) is 0 Å². The van der Waals surface area contributed by atoms with Crippen molar-refractivity contribution < 1.29 is 15.0 Å². The minimum Gasteiger partial charge on any atom is -0.395 e. The van der Waals surface area contributed by atoms with Crippen LogP contribution < -0.4 is 0 Å². The average molecular weight is 316 g/mol. The number of hydrogen-bond donors (Lipinski definition) is 2. The van der Waals surface area contributed by atoms with E-state index in [-0.39, 0.29) is 19.1 Å². The van der Waals surface area contributed by atoms with E-state index in [1.54, 1.807) is 23.1 Å². The van der Waals surface area contributed by atoms with E-state index in [0.717, 1.165) is 10.9 Å². The molecule has 1 aromatic carbocycles. The number of carbonyl (C=O) groups excluding carboxylic acids is 1. The molecule has 0 spiro atoms. The Bertz CT molecular complexity index is 403. The molecule has 0 aromatic heterocycles. The minimum atomic E-state index is -0.181. The number of aliphatic hydroxyl groups excluding tert-OH is 2. The van der Waals surface area contributed by atoms with Gasteiger partial charge in [-0.2, -0.15) is 0 Å². The molecule has 1 rings (SSSR count). The number of nitrogens with zero attached hydrogens (tertiary/aromatic N) is 1. The zero-order valence-electron chi connectivity index (χ0n) is 10.4. The van der Waals surface area contributed by atoms with E-state index in [4.69, 9.17) is 5.11 Å². The van der Waals surface area contributed by atoms with Gasteiger partial charge in [-0.3, -0.25) is 4.79 Å². The smallest absolute Gasteiger partial charge is 0.254 e. The summed E-state index contributed by atoms with van der Waals surface area (Å²) < 4.78 is 0.826. The summed E-state index contributed by atoms with van der Waals surface area (Å²) in [5, 5.41) is 18.3. The molecular formula is C13H18BrNO3. The van der Waals surface area contributed by atoms with E-state index in [2.05, 4.69) is 15.9 Å². The normalized spacial score (nSPS) is 10.4. The highest BCUT2D eigenvalue weighted by Gasteiger charge is 2.17. The third kappa shape index (κ3) is 3.80. The molecule has 0 heterocycles. The van der Waals surface area contributed by atoms with Gasteiger partial charge in [0.1, 0.15) is 0 Å². The van der Waals surface area contributed by atoms with Gasteiger partial charge in [0.15, 0.2) is 0 Å². The summed E-state index contributed by atoms with van der Waals surface area (Å²) in [6.45, 7) is 2.65. The highest BCUT2D eigenvalue weighted by atomic mass is 79.9. The average Bonchev–Trinajstić information content (AvgIpc) is 2.37. The first kappa shape index (κ1) is 15.1. The number of rotatable bonds is 6. The molecule has 2 N–H and O–H groups in total. The molecule has 0 fully saturated rings. The van der Waals surface area contributed by atoms with Crippen molar-refractivity contribution in [3.05, 3.63) is 33.8 Å². The number of hydrogen-bond acceptors (Lipinski definition) is 3. The van der Waals surface area contributed by atoms with Gasteiger partial charge >= 0.3 is 0 Å². The summed E-state index contributed by atoms with van der Waals surface area (Å²) in [4.78, 5) is 13.9. The van der Waals surface area contributed by atoms with Crippen LogP contribution in [0.5, 0.6) is 0 Å². The predicted molar refractivity (Wildman–Crippen MR) is 73.3 cm³/mol. The lowest BCUT2D eigenvalue weighted by atomic mass is 10.1. The van der Waals surface area contributed by atoms with E-state index in [1.807, 2.05) is 6.92 Å². The van der Waals surface area contributed by atoms with Crippen LogP contribution in [0.3, 0.4) is 0 Å². The first-order valence-corrected chi connectivity index (χ1v) is 6.72. The zero-order valence-corrected chi connectivity index (χ0v) is 12.0. The number of carbonyl (C=O) groups is 1. The minimum absolute atomic E-state index is 0.0588. The molecule has 18 heavy (non-hydrogen) atoms. The van der Waals surface area contributed by atoms with Crippen molar-refractivity contribution in [3.63, 3.8) is 0 Å². The second-order valence-electron chi connectivity index (χ2n) is 3.98. The number of aliphatic hydroxyl groups is 2. The van der Waals surface area contributed by atoms with Crippen molar-refractivity contribution in [1.82, 2.24) is 4.90 Å². The van der Waals surface area contributed by atoms with Crippen LogP contribution in [0.1, 0.15) is 29.3 Å². The van der Waals surface area contributed by atoms with E-state index in [9.17, 15) is 9.90 Å². The van der Waals surface area contributed by atoms with Gasteiger partial charge in [-0.25, -0.2) is 0 Å². The third-order valence-electron chi connectivity index (χ3n) is 2.62. The van der Waals surface area contributed by atoms with E-state index in [0.29, 0.717) is 24.2 Å². The Kier molecular flexibility index (Phi) is 6.32. The van der Waals surface area contributed by atoms with Crippen LogP contribution in [0.25, 0.3) is 0 Å². The standard InChI is InChI=1S/C13H18BrNO3/c1-2-5-15(6-7-16)13(18)12-4-3-11(14)8-10(12)9-17/h3-4,8,16-17H,2,5-7,9H2,1H3. The van der Waals surface area contributed by atoms with E-state index < -0.39 is 0 Å². The molecule has 100 valence electrons. The van der Waals surface area contributed by atoms with E-state index >= 15 is 0 Å². The summed E-state index contributed by atoms with van der Waals surface area (Å²) in [5.41, 5.74) is 1.08. The number of halogens is 1. The predicted octanol–water partition coefficient (Wildman–Crippen LogP) is 1.79. The molecule has 5 heteroatoms.